The molecule has 1 fully saturated rings. The molecular formula is C18H29FN2. The fourth-order valence-electron chi connectivity index (χ4n) is 3.46. The van der Waals surface area contributed by atoms with Crippen molar-refractivity contribution in [1.82, 2.24) is 10.2 Å². The first-order chi connectivity index (χ1) is 10.2. The van der Waals surface area contributed by atoms with Gasteiger partial charge in [-0.3, -0.25) is 0 Å². The Bertz CT molecular complexity index is 415. The third-order valence-electron chi connectivity index (χ3n) is 4.72. The molecule has 1 N–H and O–H groups in total. The molecule has 0 aliphatic heterocycles. The van der Waals surface area contributed by atoms with Crippen LogP contribution in [0.25, 0.3) is 0 Å². The lowest BCUT2D eigenvalue weighted by Gasteiger charge is -2.28. The van der Waals surface area contributed by atoms with E-state index >= 15 is 0 Å². The van der Waals surface area contributed by atoms with E-state index in [1.165, 1.54) is 38.6 Å². The van der Waals surface area contributed by atoms with E-state index in [-0.39, 0.29) is 11.9 Å². The highest BCUT2D eigenvalue weighted by atomic mass is 19.1. The van der Waals surface area contributed by atoms with Crippen LogP contribution >= 0.6 is 0 Å². The van der Waals surface area contributed by atoms with Gasteiger partial charge in [-0.15, -0.1) is 0 Å². The van der Waals surface area contributed by atoms with E-state index in [1.54, 1.807) is 12.1 Å². The van der Waals surface area contributed by atoms with Gasteiger partial charge in [0.1, 0.15) is 5.82 Å². The van der Waals surface area contributed by atoms with Crippen LogP contribution in [0.4, 0.5) is 4.39 Å². The first-order valence-electron chi connectivity index (χ1n) is 8.31. The van der Waals surface area contributed by atoms with E-state index in [2.05, 4.69) is 17.3 Å². The Labute approximate surface area is 128 Å². The second kappa shape index (κ2) is 8.50. The smallest absolute Gasteiger partial charge is 0.127 e. The average Bonchev–Trinajstić information content (AvgIpc) is 2.50. The van der Waals surface area contributed by atoms with E-state index in [0.29, 0.717) is 0 Å². The molecule has 1 aliphatic carbocycles. The van der Waals surface area contributed by atoms with Gasteiger partial charge in [0.05, 0.1) is 0 Å². The fraction of sp³-hybridized carbons (Fsp3) is 0.667. The summed E-state index contributed by atoms with van der Waals surface area (Å²) in [5, 5.41) is 3.25. The molecule has 0 aromatic heterocycles. The maximum Gasteiger partial charge on any atom is 0.127 e. The van der Waals surface area contributed by atoms with Crippen LogP contribution < -0.4 is 5.32 Å². The van der Waals surface area contributed by atoms with Gasteiger partial charge in [0, 0.05) is 18.2 Å². The molecule has 2 nitrogen and oxygen atoms in total. The highest BCUT2D eigenvalue weighted by Gasteiger charge is 2.17. The van der Waals surface area contributed by atoms with Crippen LogP contribution in [0.3, 0.4) is 0 Å². The number of hydrogen-bond acceptors (Lipinski definition) is 2. The van der Waals surface area contributed by atoms with E-state index in [4.69, 9.17) is 0 Å². The van der Waals surface area contributed by atoms with Gasteiger partial charge in [0.25, 0.3) is 0 Å². The maximum absolute atomic E-state index is 13.9. The van der Waals surface area contributed by atoms with Crippen LogP contribution in [0.15, 0.2) is 24.3 Å². The molecule has 1 aliphatic rings. The summed E-state index contributed by atoms with van der Waals surface area (Å²) in [6.45, 7) is 2.20. The number of halogens is 1. The first-order valence-corrected chi connectivity index (χ1v) is 8.31. The summed E-state index contributed by atoms with van der Waals surface area (Å²) < 4.78 is 13.9. The summed E-state index contributed by atoms with van der Waals surface area (Å²) >= 11 is 0. The summed E-state index contributed by atoms with van der Waals surface area (Å²) in [7, 11) is 4.11. The predicted molar refractivity (Wildman–Crippen MR) is 86.9 cm³/mol. The van der Waals surface area contributed by atoms with Crippen molar-refractivity contribution in [3.8, 4) is 0 Å². The molecule has 0 amide bonds. The van der Waals surface area contributed by atoms with Crippen molar-refractivity contribution in [2.24, 2.45) is 5.92 Å². The normalized spacial score (nSPS) is 18.1. The molecule has 1 atom stereocenters. The monoisotopic (exact) mass is 292 g/mol. The van der Waals surface area contributed by atoms with Crippen LogP contribution in [-0.4, -0.2) is 32.1 Å². The fourth-order valence-corrected chi connectivity index (χ4v) is 3.46. The summed E-state index contributed by atoms with van der Waals surface area (Å²) in [6, 6.07) is 7.19. The van der Waals surface area contributed by atoms with Gasteiger partial charge in [-0.25, -0.2) is 4.39 Å². The van der Waals surface area contributed by atoms with Gasteiger partial charge in [-0.1, -0.05) is 37.5 Å². The van der Waals surface area contributed by atoms with Crippen LogP contribution in [-0.2, 0) is 0 Å². The van der Waals surface area contributed by atoms with Crippen molar-refractivity contribution in [2.45, 2.75) is 44.6 Å². The van der Waals surface area contributed by atoms with Gasteiger partial charge >= 0.3 is 0 Å². The number of nitrogens with zero attached hydrogens (tertiary/aromatic N) is 1. The zero-order chi connectivity index (χ0) is 15.1. The van der Waals surface area contributed by atoms with Gasteiger partial charge in [-0.05, 0) is 51.9 Å². The molecule has 1 aromatic rings. The van der Waals surface area contributed by atoms with Crippen molar-refractivity contribution in [1.29, 1.82) is 0 Å². The molecule has 0 saturated heterocycles. The zero-order valence-electron chi connectivity index (χ0n) is 13.4. The number of nitrogens with one attached hydrogen (secondary N) is 1. The van der Waals surface area contributed by atoms with Crippen molar-refractivity contribution in [2.75, 3.05) is 27.2 Å². The first kappa shape index (κ1) is 16.4. The molecule has 2 rings (SSSR count). The quantitative estimate of drug-likeness (QED) is 0.817. The molecule has 3 heteroatoms. The van der Waals surface area contributed by atoms with E-state index in [1.807, 2.05) is 19.2 Å². The second-order valence-electron chi connectivity index (χ2n) is 6.42. The maximum atomic E-state index is 13.9. The summed E-state index contributed by atoms with van der Waals surface area (Å²) in [4.78, 5) is 2.42. The van der Waals surface area contributed by atoms with E-state index in [0.717, 1.165) is 24.4 Å². The average molecular weight is 292 g/mol. The molecule has 21 heavy (non-hydrogen) atoms. The molecule has 0 bridgehead atoms. The van der Waals surface area contributed by atoms with Gasteiger partial charge in [0.15, 0.2) is 0 Å². The molecule has 0 heterocycles. The van der Waals surface area contributed by atoms with Crippen molar-refractivity contribution in [3.05, 3.63) is 35.6 Å². The Balaban J connectivity index is 1.81. The Morgan fingerprint density at radius 2 is 1.95 bits per heavy atom. The lowest BCUT2D eigenvalue weighted by Crippen LogP contribution is -2.30. The van der Waals surface area contributed by atoms with Gasteiger partial charge < -0.3 is 10.2 Å². The number of hydrogen-bond donors (Lipinski definition) is 1. The van der Waals surface area contributed by atoms with Crippen LogP contribution in [0, 0.1) is 11.7 Å². The Hall–Kier alpha value is -0.930. The summed E-state index contributed by atoms with van der Waals surface area (Å²) in [5.41, 5.74) is 0.783. The minimum Gasteiger partial charge on any atom is -0.313 e. The lowest BCUT2D eigenvalue weighted by atomic mass is 9.89. The Morgan fingerprint density at radius 3 is 2.62 bits per heavy atom. The molecule has 1 unspecified atom stereocenters. The van der Waals surface area contributed by atoms with Crippen LogP contribution in [0.5, 0.6) is 0 Å². The molecule has 1 saturated carbocycles. The zero-order valence-corrected chi connectivity index (χ0v) is 13.4. The molecule has 0 radical (unpaired) electrons. The van der Waals surface area contributed by atoms with Crippen LogP contribution in [0.1, 0.15) is 50.1 Å². The van der Waals surface area contributed by atoms with E-state index in [9.17, 15) is 4.39 Å². The minimum atomic E-state index is -0.105. The molecule has 1 aromatic carbocycles. The Morgan fingerprint density at radius 1 is 1.24 bits per heavy atom. The van der Waals surface area contributed by atoms with Gasteiger partial charge in [0.2, 0.25) is 0 Å². The van der Waals surface area contributed by atoms with Crippen molar-refractivity contribution in [3.63, 3.8) is 0 Å². The SMILES string of the molecule is CNC(CCN(C)CC1CCCCC1)c1ccccc1F. The highest BCUT2D eigenvalue weighted by Crippen LogP contribution is 2.25. The highest BCUT2D eigenvalue weighted by molar-refractivity contribution is 5.21. The Kier molecular flexibility index (Phi) is 6.65. The second-order valence-corrected chi connectivity index (χ2v) is 6.42. The number of benzene rings is 1. The third-order valence-corrected chi connectivity index (χ3v) is 4.72. The standard InChI is InChI=1S/C18H29FN2/c1-20-18(16-10-6-7-11-17(16)19)12-13-21(2)14-15-8-4-3-5-9-15/h6-7,10-11,15,18,20H,3-5,8-9,12-14H2,1-2H3. The van der Waals surface area contributed by atoms with Crippen molar-refractivity contribution >= 4 is 0 Å². The van der Waals surface area contributed by atoms with Gasteiger partial charge in [-0.2, -0.15) is 0 Å². The minimum absolute atomic E-state index is 0.0972. The number of rotatable bonds is 7. The van der Waals surface area contributed by atoms with E-state index < -0.39 is 0 Å². The van der Waals surface area contributed by atoms with Crippen molar-refractivity contribution < 1.29 is 4.39 Å². The largest absolute Gasteiger partial charge is 0.313 e. The lowest BCUT2D eigenvalue weighted by molar-refractivity contribution is 0.225. The van der Waals surface area contributed by atoms with Crippen LogP contribution in [0.2, 0.25) is 0 Å². The predicted octanol–water partition coefficient (Wildman–Crippen LogP) is 3.99. The molecular weight excluding hydrogens is 263 g/mol. The summed E-state index contributed by atoms with van der Waals surface area (Å²) in [5.74, 6) is 0.761. The summed E-state index contributed by atoms with van der Waals surface area (Å²) in [6.07, 6.45) is 7.91. The molecule has 0 spiro atoms. The third kappa shape index (κ3) is 5.08. The molecule has 118 valence electrons. The topological polar surface area (TPSA) is 15.3 Å².